The largest absolute Gasteiger partial charge is 0.496 e. The quantitative estimate of drug-likeness (QED) is 0.830. The summed E-state index contributed by atoms with van der Waals surface area (Å²) in [5, 5.41) is 4.21. The van der Waals surface area contributed by atoms with E-state index < -0.39 is 15.9 Å². The summed E-state index contributed by atoms with van der Waals surface area (Å²) in [6, 6.07) is 6.80. The maximum atomic E-state index is 12.9. The average molecular weight is 363 g/mol. The number of aryl methyl sites for hydroxylation is 1. The molecule has 2 heterocycles. The Bertz CT molecular complexity index is 912. The van der Waals surface area contributed by atoms with Gasteiger partial charge in [0.15, 0.2) is 0 Å². The molecule has 0 spiro atoms. The van der Waals surface area contributed by atoms with Gasteiger partial charge in [-0.2, -0.15) is 14.1 Å². The lowest BCUT2D eigenvalue weighted by Gasteiger charge is -2.15. The lowest BCUT2D eigenvalue weighted by Crippen LogP contribution is -2.29. The minimum Gasteiger partial charge on any atom is -0.496 e. The van der Waals surface area contributed by atoms with Crippen LogP contribution in [-0.4, -0.2) is 48.6 Å². The molecule has 0 bridgehead atoms. The molecule has 1 aliphatic heterocycles. The highest BCUT2D eigenvalue weighted by Gasteiger charge is 2.33. The van der Waals surface area contributed by atoms with Gasteiger partial charge in [-0.25, -0.2) is 8.42 Å². The van der Waals surface area contributed by atoms with Gasteiger partial charge in [0.05, 0.1) is 24.1 Å². The number of rotatable bonds is 4. The first kappa shape index (κ1) is 17.6. The number of ether oxygens (including phenoxy) is 1. The lowest BCUT2D eigenvalue weighted by atomic mass is 10.2. The van der Waals surface area contributed by atoms with Crippen molar-refractivity contribution in [3.05, 3.63) is 41.2 Å². The fraction of sp³-hybridized carbons (Fsp3) is 0.412. The number of aromatic nitrogens is 2. The van der Waals surface area contributed by atoms with Crippen molar-refractivity contribution in [2.75, 3.05) is 20.2 Å². The van der Waals surface area contributed by atoms with Gasteiger partial charge in [0.1, 0.15) is 10.6 Å². The molecule has 0 unspecified atom stereocenters. The summed E-state index contributed by atoms with van der Waals surface area (Å²) in [5.41, 5.74) is 0.980. The van der Waals surface area contributed by atoms with E-state index >= 15 is 0 Å². The normalized spacial score (nSPS) is 15.5. The molecule has 1 aliphatic rings. The first-order chi connectivity index (χ1) is 11.9. The second-order valence-electron chi connectivity index (χ2n) is 6.03. The van der Waals surface area contributed by atoms with Gasteiger partial charge >= 0.3 is 0 Å². The maximum absolute atomic E-state index is 12.9. The van der Waals surface area contributed by atoms with Crippen LogP contribution in [0.15, 0.2) is 29.2 Å². The molecule has 0 atom stereocenters. The van der Waals surface area contributed by atoms with Crippen LogP contribution in [0.4, 0.5) is 0 Å². The number of hydrogen-bond donors (Lipinski definition) is 0. The van der Waals surface area contributed by atoms with E-state index in [9.17, 15) is 13.2 Å². The Kier molecular flexibility index (Phi) is 4.66. The van der Waals surface area contributed by atoms with Crippen LogP contribution in [-0.2, 0) is 10.0 Å². The van der Waals surface area contributed by atoms with E-state index in [2.05, 4.69) is 5.10 Å². The molecular formula is C17H21N3O4S. The summed E-state index contributed by atoms with van der Waals surface area (Å²) in [6.45, 7) is 4.23. The average Bonchev–Trinajstić information content (AvgIpc) is 3.23. The molecule has 1 fully saturated rings. The van der Waals surface area contributed by atoms with E-state index in [0.29, 0.717) is 35.8 Å². The summed E-state index contributed by atoms with van der Waals surface area (Å²) in [5.74, 6) is 0.00456. The highest BCUT2D eigenvalue weighted by molar-refractivity contribution is 7.89. The molecule has 1 aromatic heterocycles. The second-order valence-corrected chi connectivity index (χ2v) is 7.90. The lowest BCUT2D eigenvalue weighted by molar-refractivity contribution is 0.0939. The summed E-state index contributed by atoms with van der Waals surface area (Å²) in [4.78, 5) is 13.0. The number of methoxy groups -OCH3 is 1. The third kappa shape index (κ3) is 2.96. The first-order valence-corrected chi connectivity index (χ1v) is 9.56. The van der Waals surface area contributed by atoms with Crippen molar-refractivity contribution >= 4 is 15.9 Å². The number of para-hydroxylation sites is 1. The third-order valence-corrected chi connectivity index (χ3v) is 6.57. The molecule has 3 rings (SSSR count). The van der Waals surface area contributed by atoms with Gasteiger partial charge in [-0.05, 0) is 38.8 Å². The topological polar surface area (TPSA) is 81.5 Å². The van der Waals surface area contributed by atoms with Crippen molar-refractivity contribution in [3.63, 3.8) is 0 Å². The maximum Gasteiger partial charge on any atom is 0.282 e. The minimum absolute atomic E-state index is 0.123. The number of benzene rings is 1. The highest BCUT2D eigenvalue weighted by atomic mass is 32.2. The molecule has 25 heavy (non-hydrogen) atoms. The zero-order valence-corrected chi connectivity index (χ0v) is 15.3. The third-order valence-electron chi connectivity index (χ3n) is 4.42. The minimum atomic E-state index is -3.64. The molecule has 1 saturated heterocycles. The Labute approximate surface area is 147 Å². The molecule has 0 radical (unpaired) electrons. The molecule has 134 valence electrons. The van der Waals surface area contributed by atoms with Crippen molar-refractivity contribution in [1.29, 1.82) is 0 Å². The smallest absolute Gasteiger partial charge is 0.282 e. The van der Waals surface area contributed by atoms with E-state index in [1.165, 1.54) is 11.4 Å². The number of carbonyl (C=O) groups is 1. The highest BCUT2D eigenvalue weighted by Crippen LogP contribution is 2.27. The van der Waals surface area contributed by atoms with Gasteiger partial charge in [-0.1, -0.05) is 12.1 Å². The molecule has 7 nitrogen and oxygen atoms in total. The van der Waals surface area contributed by atoms with E-state index in [0.717, 1.165) is 17.5 Å². The number of carbonyl (C=O) groups excluding carboxylic acids is 1. The van der Waals surface area contributed by atoms with E-state index in [4.69, 9.17) is 4.74 Å². The van der Waals surface area contributed by atoms with E-state index in [-0.39, 0.29) is 4.90 Å². The Morgan fingerprint density at radius 2 is 1.80 bits per heavy atom. The first-order valence-electron chi connectivity index (χ1n) is 8.12. The van der Waals surface area contributed by atoms with Crippen LogP contribution >= 0.6 is 0 Å². The Morgan fingerprint density at radius 3 is 2.44 bits per heavy atom. The zero-order chi connectivity index (χ0) is 18.2. The molecule has 1 aromatic carbocycles. The summed E-state index contributed by atoms with van der Waals surface area (Å²) < 4.78 is 33.7. The molecule has 0 N–H and O–H groups in total. The Hall–Kier alpha value is -2.19. The number of sulfonamides is 1. The van der Waals surface area contributed by atoms with Crippen LogP contribution in [0.5, 0.6) is 5.75 Å². The van der Waals surface area contributed by atoms with Crippen molar-refractivity contribution < 1.29 is 17.9 Å². The van der Waals surface area contributed by atoms with Gasteiger partial charge in [-0.15, -0.1) is 0 Å². The van der Waals surface area contributed by atoms with E-state index in [1.54, 1.807) is 38.1 Å². The van der Waals surface area contributed by atoms with Gasteiger partial charge in [-0.3, -0.25) is 4.79 Å². The van der Waals surface area contributed by atoms with Crippen molar-refractivity contribution in [1.82, 2.24) is 14.1 Å². The number of nitrogens with zero attached hydrogens (tertiary/aromatic N) is 3. The summed E-state index contributed by atoms with van der Waals surface area (Å²) in [7, 11) is -2.16. The summed E-state index contributed by atoms with van der Waals surface area (Å²) in [6.07, 6.45) is 1.71. The SMILES string of the molecule is COc1ccccc1C(=O)n1nc(C)c(S(=O)(=O)N2CCCC2)c1C. The summed E-state index contributed by atoms with van der Waals surface area (Å²) >= 11 is 0. The fourth-order valence-corrected chi connectivity index (χ4v) is 5.06. The van der Waals surface area contributed by atoms with Gasteiger partial charge in [0.25, 0.3) is 5.91 Å². The second kappa shape index (κ2) is 6.61. The standard InChI is InChI=1S/C17H21N3O4S/c1-12-16(25(22,23)19-10-6-7-11-19)13(2)20(18-12)17(21)14-8-4-5-9-15(14)24-3/h4-5,8-9H,6-7,10-11H2,1-3H3. The van der Waals surface area contributed by atoms with Crippen LogP contribution in [0.2, 0.25) is 0 Å². The molecule has 8 heteroatoms. The molecular weight excluding hydrogens is 342 g/mol. The molecule has 0 amide bonds. The molecule has 2 aromatic rings. The fourth-order valence-electron chi connectivity index (χ4n) is 3.19. The zero-order valence-electron chi connectivity index (χ0n) is 14.5. The van der Waals surface area contributed by atoms with Crippen LogP contribution in [0, 0.1) is 13.8 Å². The van der Waals surface area contributed by atoms with Crippen LogP contribution in [0.3, 0.4) is 0 Å². The Balaban J connectivity index is 2.07. The van der Waals surface area contributed by atoms with Crippen LogP contribution in [0.25, 0.3) is 0 Å². The van der Waals surface area contributed by atoms with Gasteiger partial charge in [0, 0.05) is 13.1 Å². The predicted molar refractivity (Wildman–Crippen MR) is 92.4 cm³/mol. The van der Waals surface area contributed by atoms with Crippen LogP contribution in [0.1, 0.15) is 34.6 Å². The van der Waals surface area contributed by atoms with Gasteiger partial charge < -0.3 is 4.74 Å². The van der Waals surface area contributed by atoms with Crippen molar-refractivity contribution in [2.45, 2.75) is 31.6 Å². The predicted octanol–water partition coefficient (Wildman–Crippen LogP) is 1.98. The van der Waals surface area contributed by atoms with E-state index in [1.807, 2.05) is 0 Å². The Morgan fingerprint density at radius 1 is 1.16 bits per heavy atom. The molecule has 0 aliphatic carbocycles. The number of hydrogen-bond acceptors (Lipinski definition) is 5. The van der Waals surface area contributed by atoms with Crippen LogP contribution < -0.4 is 4.74 Å². The monoisotopic (exact) mass is 363 g/mol. The molecule has 0 saturated carbocycles. The van der Waals surface area contributed by atoms with Crippen molar-refractivity contribution in [3.8, 4) is 5.75 Å². The van der Waals surface area contributed by atoms with Gasteiger partial charge in [0.2, 0.25) is 10.0 Å². The van der Waals surface area contributed by atoms with Crippen molar-refractivity contribution in [2.24, 2.45) is 0 Å².